The minimum atomic E-state index is -0.611. The van der Waals surface area contributed by atoms with Crippen LogP contribution in [0, 0.1) is 5.92 Å². The summed E-state index contributed by atoms with van der Waals surface area (Å²) in [6.45, 7) is 5.18. The largest absolute Gasteiger partial charge is 0.439 e. The van der Waals surface area contributed by atoms with E-state index in [4.69, 9.17) is 4.74 Å². The number of hydrogen-bond acceptors (Lipinski definition) is 4. The van der Waals surface area contributed by atoms with Crippen molar-refractivity contribution in [3.8, 4) is 0 Å². The summed E-state index contributed by atoms with van der Waals surface area (Å²) in [5, 5.41) is 5.36. The summed E-state index contributed by atoms with van der Waals surface area (Å²) in [6, 6.07) is 0.0111. The average Bonchev–Trinajstić information content (AvgIpc) is 2.72. The molecule has 0 heterocycles. The number of alkyl carbamates (subject to hydrolysis) is 1. The van der Waals surface area contributed by atoms with E-state index in [0.717, 1.165) is 19.1 Å². The average molecular weight is 270 g/mol. The van der Waals surface area contributed by atoms with Crippen molar-refractivity contribution < 1.29 is 19.1 Å². The Balaban J connectivity index is 2.21. The summed E-state index contributed by atoms with van der Waals surface area (Å²) in [4.78, 5) is 33.5. The van der Waals surface area contributed by atoms with Crippen LogP contribution in [0.15, 0.2) is 0 Å². The number of carbonyl (C=O) groups excluding carboxylic acids is 3. The van der Waals surface area contributed by atoms with Crippen LogP contribution < -0.4 is 10.6 Å². The molecule has 19 heavy (non-hydrogen) atoms. The second-order valence-electron chi connectivity index (χ2n) is 5.92. The van der Waals surface area contributed by atoms with Crippen molar-refractivity contribution in [2.24, 2.45) is 5.92 Å². The number of rotatable bonds is 4. The first kappa shape index (κ1) is 15.5. The fourth-order valence-corrected chi connectivity index (χ4v) is 2.01. The van der Waals surface area contributed by atoms with Crippen molar-refractivity contribution in [2.45, 2.75) is 51.6 Å². The first-order valence-corrected chi connectivity index (χ1v) is 6.50. The number of aldehydes is 1. The lowest BCUT2D eigenvalue weighted by atomic mass is 10.1. The lowest BCUT2D eigenvalue weighted by Crippen LogP contribution is -2.43. The van der Waals surface area contributed by atoms with Gasteiger partial charge in [-0.05, 0) is 40.0 Å². The van der Waals surface area contributed by atoms with Gasteiger partial charge in [-0.15, -0.1) is 0 Å². The van der Waals surface area contributed by atoms with Crippen LogP contribution in [0.4, 0.5) is 4.79 Å². The molecule has 0 saturated heterocycles. The zero-order chi connectivity index (χ0) is 14.5. The first-order valence-electron chi connectivity index (χ1n) is 6.50. The van der Waals surface area contributed by atoms with Gasteiger partial charge in [-0.3, -0.25) is 4.79 Å². The molecule has 0 bridgehead atoms. The van der Waals surface area contributed by atoms with Crippen LogP contribution in [-0.2, 0) is 14.3 Å². The van der Waals surface area contributed by atoms with E-state index in [1.165, 1.54) is 0 Å². The quantitative estimate of drug-likeness (QED) is 0.746. The van der Waals surface area contributed by atoms with E-state index in [9.17, 15) is 14.4 Å². The maximum Gasteiger partial charge on any atom is 0.408 e. The molecule has 0 aromatic carbocycles. The number of amides is 2. The summed E-state index contributed by atoms with van der Waals surface area (Å²) in [5.74, 6) is -0.295. The molecule has 108 valence electrons. The van der Waals surface area contributed by atoms with E-state index in [1.807, 2.05) is 20.8 Å². The van der Waals surface area contributed by atoms with Gasteiger partial charge in [0.25, 0.3) is 5.91 Å². The number of hydrogen-bond donors (Lipinski definition) is 2. The van der Waals surface area contributed by atoms with E-state index in [-0.39, 0.29) is 24.5 Å². The highest BCUT2D eigenvalue weighted by molar-refractivity contribution is 5.80. The van der Waals surface area contributed by atoms with Crippen LogP contribution >= 0.6 is 0 Å². The van der Waals surface area contributed by atoms with Gasteiger partial charge in [-0.1, -0.05) is 0 Å². The predicted molar refractivity (Wildman–Crippen MR) is 69.6 cm³/mol. The van der Waals surface area contributed by atoms with Crippen LogP contribution in [0.3, 0.4) is 0 Å². The molecule has 2 atom stereocenters. The van der Waals surface area contributed by atoms with Crippen molar-refractivity contribution in [3.05, 3.63) is 0 Å². The zero-order valence-corrected chi connectivity index (χ0v) is 11.7. The number of carbonyl (C=O) groups is 3. The Kier molecular flexibility index (Phi) is 5.32. The molecule has 0 aromatic heterocycles. The number of nitrogens with one attached hydrogen (secondary N) is 2. The minimum Gasteiger partial charge on any atom is -0.439 e. The van der Waals surface area contributed by atoms with Crippen molar-refractivity contribution in [1.82, 2.24) is 10.6 Å². The van der Waals surface area contributed by atoms with Gasteiger partial charge in [0.05, 0.1) is 0 Å². The summed E-state index contributed by atoms with van der Waals surface area (Å²) in [5.41, 5.74) is -0.393. The maximum atomic E-state index is 11.6. The predicted octanol–water partition coefficient (Wildman–Crippen LogP) is 0.995. The van der Waals surface area contributed by atoms with Crippen molar-refractivity contribution in [1.29, 1.82) is 0 Å². The van der Waals surface area contributed by atoms with Crippen LogP contribution in [0.5, 0.6) is 0 Å². The second-order valence-corrected chi connectivity index (χ2v) is 5.92. The maximum absolute atomic E-state index is 11.6. The van der Waals surface area contributed by atoms with Gasteiger partial charge in [0.2, 0.25) is 0 Å². The Bertz CT molecular complexity index is 349. The van der Waals surface area contributed by atoms with E-state index in [2.05, 4.69) is 10.6 Å². The van der Waals surface area contributed by atoms with Gasteiger partial charge in [0, 0.05) is 17.5 Å². The van der Waals surface area contributed by atoms with Gasteiger partial charge in [0.1, 0.15) is 6.29 Å². The normalized spacial score (nSPS) is 22.7. The van der Waals surface area contributed by atoms with Crippen LogP contribution in [0.1, 0.15) is 40.0 Å². The number of ether oxygens (including phenoxy) is 1. The Morgan fingerprint density at radius 3 is 2.53 bits per heavy atom. The van der Waals surface area contributed by atoms with E-state index in [1.54, 1.807) is 0 Å². The third-order valence-corrected chi connectivity index (χ3v) is 2.84. The van der Waals surface area contributed by atoms with Gasteiger partial charge in [-0.2, -0.15) is 0 Å². The Labute approximate surface area is 113 Å². The Morgan fingerprint density at radius 2 is 2.00 bits per heavy atom. The van der Waals surface area contributed by atoms with Crippen LogP contribution in [0.2, 0.25) is 0 Å². The van der Waals surface area contributed by atoms with Gasteiger partial charge in [0.15, 0.2) is 6.61 Å². The third-order valence-electron chi connectivity index (χ3n) is 2.84. The fourth-order valence-electron chi connectivity index (χ4n) is 2.01. The van der Waals surface area contributed by atoms with Crippen molar-refractivity contribution in [2.75, 3.05) is 6.61 Å². The zero-order valence-electron chi connectivity index (χ0n) is 11.7. The van der Waals surface area contributed by atoms with Crippen molar-refractivity contribution >= 4 is 18.3 Å². The van der Waals surface area contributed by atoms with Gasteiger partial charge >= 0.3 is 6.09 Å². The van der Waals surface area contributed by atoms with Gasteiger partial charge < -0.3 is 20.2 Å². The fraction of sp³-hybridized carbons (Fsp3) is 0.769. The Morgan fingerprint density at radius 1 is 1.32 bits per heavy atom. The molecular formula is C13H22N2O4. The third kappa shape index (κ3) is 6.22. The molecule has 6 nitrogen and oxygen atoms in total. The molecule has 6 heteroatoms. The molecule has 1 fully saturated rings. The minimum absolute atomic E-state index is 0.0111. The molecular weight excluding hydrogens is 248 g/mol. The molecule has 2 N–H and O–H groups in total. The summed E-state index contributed by atoms with van der Waals surface area (Å²) in [7, 11) is 0. The SMILES string of the molecule is CC(C)(C)NC(=O)OCC(=O)NC1CCC(C=O)C1. The molecule has 1 rings (SSSR count). The molecule has 0 radical (unpaired) electrons. The standard InChI is InChI=1S/C13H22N2O4/c1-13(2,3)15-12(18)19-8-11(17)14-10-5-4-9(6-10)7-16/h7,9-10H,4-6,8H2,1-3H3,(H,14,17)(H,15,18). The van der Waals surface area contributed by atoms with E-state index in [0.29, 0.717) is 6.42 Å². The molecule has 0 spiro atoms. The highest BCUT2D eigenvalue weighted by atomic mass is 16.6. The monoisotopic (exact) mass is 270 g/mol. The highest BCUT2D eigenvalue weighted by Gasteiger charge is 2.25. The second kappa shape index (κ2) is 6.54. The van der Waals surface area contributed by atoms with Crippen LogP contribution in [0.25, 0.3) is 0 Å². The highest BCUT2D eigenvalue weighted by Crippen LogP contribution is 2.23. The summed E-state index contributed by atoms with van der Waals surface area (Å²) >= 11 is 0. The lowest BCUT2D eigenvalue weighted by molar-refractivity contribution is -0.124. The molecule has 2 unspecified atom stereocenters. The summed E-state index contributed by atoms with van der Waals surface area (Å²) < 4.78 is 4.81. The van der Waals surface area contributed by atoms with Gasteiger partial charge in [-0.25, -0.2) is 4.79 Å². The molecule has 0 aromatic rings. The first-order chi connectivity index (χ1) is 8.80. The van der Waals surface area contributed by atoms with Crippen LogP contribution in [-0.4, -0.2) is 36.5 Å². The Hall–Kier alpha value is -1.59. The molecule has 0 aliphatic heterocycles. The van der Waals surface area contributed by atoms with E-state index >= 15 is 0 Å². The molecule has 1 saturated carbocycles. The molecule has 1 aliphatic rings. The molecule has 2 amide bonds. The lowest BCUT2D eigenvalue weighted by Gasteiger charge is -2.20. The topological polar surface area (TPSA) is 84.5 Å². The van der Waals surface area contributed by atoms with E-state index < -0.39 is 11.6 Å². The smallest absolute Gasteiger partial charge is 0.408 e. The summed E-state index contributed by atoms with van der Waals surface area (Å²) in [6.07, 6.45) is 2.59. The van der Waals surface area contributed by atoms with Crippen molar-refractivity contribution in [3.63, 3.8) is 0 Å². The molecule has 1 aliphatic carbocycles.